The summed E-state index contributed by atoms with van der Waals surface area (Å²) in [4.78, 5) is 29.4. The number of nitrogens with zero attached hydrogens (tertiary/aromatic N) is 4. The number of fused-ring (bicyclic) bond motifs is 1. The van der Waals surface area contributed by atoms with Gasteiger partial charge in [-0.15, -0.1) is 0 Å². The number of carbonyl (C=O) groups is 1. The van der Waals surface area contributed by atoms with E-state index in [9.17, 15) is 9.59 Å². The predicted molar refractivity (Wildman–Crippen MR) is 117 cm³/mol. The summed E-state index contributed by atoms with van der Waals surface area (Å²) in [6, 6.07) is 15.4. The number of aryl methyl sites for hydroxylation is 1. The van der Waals surface area contributed by atoms with Crippen LogP contribution in [0.4, 0.5) is 5.69 Å². The highest BCUT2D eigenvalue weighted by molar-refractivity contribution is 5.80. The fourth-order valence-corrected chi connectivity index (χ4v) is 3.84. The number of carbonyl (C=O) groups excluding carboxylic acids is 1. The molecule has 1 amide bonds. The number of benzene rings is 2. The van der Waals surface area contributed by atoms with E-state index in [4.69, 9.17) is 4.74 Å². The Morgan fingerprint density at radius 1 is 1.03 bits per heavy atom. The van der Waals surface area contributed by atoms with Crippen molar-refractivity contribution in [1.29, 1.82) is 0 Å². The lowest BCUT2D eigenvalue weighted by molar-refractivity contribution is -0.131. The van der Waals surface area contributed by atoms with E-state index in [1.807, 2.05) is 48.2 Å². The third kappa shape index (κ3) is 4.15. The normalized spacial score (nSPS) is 14.2. The van der Waals surface area contributed by atoms with E-state index in [0.29, 0.717) is 25.1 Å². The summed E-state index contributed by atoms with van der Waals surface area (Å²) in [6.07, 6.45) is 1.94. The fourth-order valence-electron chi connectivity index (χ4n) is 3.84. The zero-order valence-corrected chi connectivity index (χ0v) is 17.2. The van der Waals surface area contributed by atoms with Gasteiger partial charge in [0.1, 0.15) is 5.75 Å². The Bertz CT molecular complexity index is 1090. The van der Waals surface area contributed by atoms with E-state index < -0.39 is 0 Å². The molecule has 1 aliphatic rings. The molecule has 2 heterocycles. The Morgan fingerprint density at radius 2 is 1.77 bits per heavy atom. The van der Waals surface area contributed by atoms with Crippen LogP contribution in [0.25, 0.3) is 10.8 Å². The second kappa shape index (κ2) is 8.98. The van der Waals surface area contributed by atoms with E-state index in [0.717, 1.165) is 29.9 Å². The first-order valence-electron chi connectivity index (χ1n) is 10.4. The zero-order valence-electron chi connectivity index (χ0n) is 17.2. The third-order valence-electron chi connectivity index (χ3n) is 5.44. The minimum Gasteiger partial charge on any atom is -0.492 e. The number of rotatable bonds is 6. The van der Waals surface area contributed by atoms with Gasteiger partial charge >= 0.3 is 0 Å². The fraction of sp³-hybridized carbons (Fsp3) is 0.348. The lowest BCUT2D eigenvalue weighted by atomic mass is 10.2. The molecule has 156 valence electrons. The molecule has 7 heteroatoms. The highest BCUT2D eigenvalue weighted by Gasteiger charge is 2.23. The summed E-state index contributed by atoms with van der Waals surface area (Å²) >= 11 is 0. The monoisotopic (exact) mass is 406 g/mol. The van der Waals surface area contributed by atoms with Gasteiger partial charge in [0.2, 0.25) is 5.91 Å². The van der Waals surface area contributed by atoms with Crippen LogP contribution in [-0.4, -0.2) is 53.4 Å². The predicted octanol–water partition coefficient (Wildman–Crippen LogP) is 2.53. The number of hydrogen-bond donors (Lipinski definition) is 0. The zero-order chi connectivity index (χ0) is 20.9. The Kier molecular flexibility index (Phi) is 5.97. The van der Waals surface area contributed by atoms with E-state index in [2.05, 4.69) is 16.1 Å². The Hall–Kier alpha value is -3.35. The highest BCUT2D eigenvalue weighted by Crippen LogP contribution is 2.28. The molecular formula is C23H26N4O3. The maximum Gasteiger partial charge on any atom is 0.274 e. The van der Waals surface area contributed by atoms with Gasteiger partial charge in [0.05, 0.1) is 30.4 Å². The lowest BCUT2D eigenvalue weighted by Crippen LogP contribution is -2.49. The lowest BCUT2D eigenvalue weighted by Gasteiger charge is -2.36. The number of piperazine rings is 1. The van der Waals surface area contributed by atoms with Gasteiger partial charge in [-0.25, -0.2) is 4.68 Å². The third-order valence-corrected chi connectivity index (χ3v) is 5.44. The molecule has 0 radical (unpaired) electrons. The van der Waals surface area contributed by atoms with Crippen molar-refractivity contribution in [2.75, 3.05) is 37.7 Å². The van der Waals surface area contributed by atoms with Crippen molar-refractivity contribution in [2.45, 2.75) is 19.9 Å². The topological polar surface area (TPSA) is 67.7 Å². The number of aromatic nitrogens is 2. The number of hydrogen-bond acceptors (Lipinski definition) is 5. The standard InChI is InChI=1S/C23H26N4O3/c1-2-30-21-10-6-5-9-20(21)25-13-15-26(16-14-25)22(28)11-12-27-23(29)19-8-4-3-7-18(19)17-24-27/h3-10,17H,2,11-16H2,1H3. The number of anilines is 1. The van der Waals surface area contributed by atoms with Crippen LogP contribution in [0.3, 0.4) is 0 Å². The Morgan fingerprint density at radius 3 is 2.57 bits per heavy atom. The summed E-state index contributed by atoms with van der Waals surface area (Å²) in [7, 11) is 0. The molecular weight excluding hydrogens is 380 g/mol. The molecule has 1 aliphatic heterocycles. The second-order valence-corrected chi connectivity index (χ2v) is 7.28. The van der Waals surface area contributed by atoms with Crippen molar-refractivity contribution >= 4 is 22.4 Å². The SMILES string of the molecule is CCOc1ccccc1N1CCN(C(=O)CCn2ncc3ccccc3c2=O)CC1. The first-order valence-corrected chi connectivity index (χ1v) is 10.4. The van der Waals surface area contributed by atoms with Crippen molar-refractivity contribution in [1.82, 2.24) is 14.7 Å². The van der Waals surface area contributed by atoms with Crippen LogP contribution in [-0.2, 0) is 11.3 Å². The average Bonchev–Trinajstić information content (AvgIpc) is 2.79. The summed E-state index contributed by atoms with van der Waals surface area (Å²) < 4.78 is 7.12. The largest absolute Gasteiger partial charge is 0.492 e. The first-order chi connectivity index (χ1) is 14.7. The van der Waals surface area contributed by atoms with Crippen LogP contribution in [0.5, 0.6) is 5.75 Å². The smallest absolute Gasteiger partial charge is 0.274 e. The molecule has 4 rings (SSSR count). The molecule has 0 saturated carbocycles. The molecule has 1 fully saturated rings. The van der Waals surface area contributed by atoms with E-state index in [1.165, 1.54) is 4.68 Å². The number of amides is 1. The molecule has 3 aromatic rings. The summed E-state index contributed by atoms with van der Waals surface area (Å²) in [5, 5.41) is 5.65. The van der Waals surface area contributed by atoms with Gasteiger partial charge in [-0.05, 0) is 25.1 Å². The van der Waals surface area contributed by atoms with Crippen molar-refractivity contribution in [3.63, 3.8) is 0 Å². The van der Waals surface area contributed by atoms with Crippen LogP contribution in [0.15, 0.2) is 59.5 Å². The Labute approximate surface area is 175 Å². The van der Waals surface area contributed by atoms with E-state index in [1.54, 1.807) is 12.3 Å². The second-order valence-electron chi connectivity index (χ2n) is 7.28. The molecule has 0 unspecified atom stereocenters. The quantitative estimate of drug-likeness (QED) is 0.629. The van der Waals surface area contributed by atoms with Gasteiger partial charge in [-0.3, -0.25) is 9.59 Å². The molecule has 0 atom stereocenters. The molecule has 0 bridgehead atoms. The molecule has 1 saturated heterocycles. The molecule has 0 aliphatic carbocycles. The molecule has 7 nitrogen and oxygen atoms in total. The highest BCUT2D eigenvalue weighted by atomic mass is 16.5. The van der Waals surface area contributed by atoms with Gasteiger partial charge in [0.15, 0.2) is 0 Å². The maximum atomic E-state index is 12.7. The van der Waals surface area contributed by atoms with Gasteiger partial charge in [-0.1, -0.05) is 30.3 Å². The first kappa shape index (κ1) is 19.9. The molecule has 0 N–H and O–H groups in total. The van der Waals surface area contributed by atoms with Crippen LogP contribution >= 0.6 is 0 Å². The van der Waals surface area contributed by atoms with E-state index in [-0.39, 0.29) is 24.4 Å². The molecule has 1 aromatic heterocycles. The van der Waals surface area contributed by atoms with Crippen LogP contribution in [0.2, 0.25) is 0 Å². The van der Waals surface area contributed by atoms with Gasteiger partial charge in [0.25, 0.3) is 5.56 Å². The molecule has 0 spiro atoms. The van der Waals surface area contributed by atoms with Crippen LogP contribution in [0, 0.1) is 0 Å². The van der Waals surface area contributed by atoms with Crippen LogP contribution < -0.4 is 15.2 Å². The minimum atomic E-state index is -0.154. The molecule has 30 heavy (non-hydrogen) atoms. The summed E-state index contributed by atoms with van der Waals surface area (Å²) in [5.41, 5.74) is 0.914. The minimum absolute atomic E-state index is 0.0506. The maximum absolute atomic E-state index is 12.7. The number of para-hydroxylation sites is 2. The average molecular weight is 406 g/mol. The van der Waals surface area contributed by atoms with Crippen molar-refractivity contribution in [2.24, 2.45) is 0 Å². The van der Waals surface area contributed by atoms with Crippen molar-refractivity contribution in [3.8, 4) is 5.75 Å². The Balaban J connectivity index is 1.35. The molecule has 2 aromatic carbocycles. The van der Waals surface area contributed by atoms with Gasteiger partial charge in [-0.2, -0.15) is 5.10 Å². The van der Waals surface area contributed by atoms with Crippen LogP contribution in [0.1, 0.15) is 13.3 Å². The van der Waals surface area contributed by atoms with E-state index >= 15 is 0 Å². The van der Waals surface area contributed by atoms with Gasteiger partial charge < -0.3 is 14.5 Å². The summed E-state index contributed by atoms with van der Waals surface area (Å²) in [5.74, 6) is 0.927. The van der Waals surface area contributed by atoms with Crippen molar-refractivity contribution in [3.05, 3.63) is 65.1 Å². The van der Waals surface area contributed by atoms with Crippen molar-refractivity contribution < 1.29 is 9.53 Å². The number of ether oxygens (including phenoxy) is 1. The summed E-state index contributed by atoms with van der Waals surface area (Å²) in [6.45, 7) is 5.70. The van der Waals surface area contributed by atoms with Gasteiger partial charge in [0, 0.05) is 38.0 Å².